The van der Waals surface area contributed by atoms with Gasteiger partial charge in [0, 0.05) is 11.1 Å². The van der Waals surface area contributed by atoms with Gasteiger partial charge in [-0.2, -0.15) is 0 Å². The van der Waals surface area contributed by atoms with Crippen LogP contribution in [0.2, 0.25) is 0 Å². The molecule has 20 heavy (non-hydrogen) atoms. The fourth-order valence-electron chi connectivity index (χ4n) is 1.99. The summed E-state index contributed by atoms with van der Waals surface area (Å²) in [6.45, 7) is 2.10. The molecule has 2 heteroatoms. The third-order valence-electron chi connectivity index (χ3n) is 2.97. The van der Waals surface area contributed by atoms with E-state index in [1.165, 1.54) is 0 Å². The van der Waals surface area contributed by atoms with E-state index in [1.54, 1.807) is 6.07 Å². The fourth-order valence-corrected chi connectivity index (χ4v) is 1.99. The maximum Gasteiger partial charge on any atom is 0.336 e. The molecule has 0 spiro atoms. The van der Waals surface area contributed by atoms with Gasteiger partial charge >= 0.3 is 5.97 Å². The second-order valence-electron chi connectivity index (χ2n) is 4.55. The number of hydrogen-bond donors (Lipinski definition) is 1. The number of carbonyl (C=O) groups is 1. The number of carboxylic acids is 1. The molecule has 0 bridgehead atoms. The van der Waals surface area contributed by atoms with Gasteiger partial charge in [-0.1, -0.05) is 49.5 Å². The van der Waals surface area contributed by atoms with Crippen molar-refractivity contribution >= 4 is 5.97 Å². The van der Waals surface area contributed by atoms with Crippen molar-refractivity contribution in [2.45, 2.75) is 19.8 Å². The van der Waals surface area contributed by atoms with Gasteiger partial charge in [0.15, 0.2) is 0 Å². The zero-order chi connectivity index (χ0) is 14.4. The van der Waals surface area contributed by atoms with E-state index in [1.807, 2.05) is 42.5 Å². The van der Waals surface area contributed by atoms with Crippen LogP contribution in [-0.4, -0.2) is 11.1 Å². The summed E-state index contributed by atoms with van der Waals surface area (Å²) in [4.78, 5) is 11.2. The highest BCUT2D eigenvalue weighted by Gasteiger charge is 2.08. The molecular weight excluding hydrogens is 248 g/mol. The number of aryl methyl sites for hydroxylation is 1. The maximum atomic E-state index is 11.2. The monoisotopic (exact) mass is 264 g/mol. The molecule has 2 rings (SSSR count). The molecule has 100 valence electrons. The molecule has 0 radical (unpaired) electrons. The minimum absolute atomic E-state index is 0.258. The molecule has 0 amide bonds. The normalized spacial score (nSPS) is 9.65. The molecule has 0 aromatic heterocycles. The molecule has 0 saturated heterocycles. The first-order valence-corrected chi connectivity index (χ1v) is 6.64. The van der Waals surface area contributed by atoms with E-state index in [9.17, 15) is 9.90 Å². The van der Waals surface area contributed by atoms with Gasteiger partial charge in [0.2, 0.25) is 0 Å². The van der Waals surface area contributed by atoms with E-state index in [0.29, 0.717) is 5.56 Å². The molecule has 0 atom stereocenters. The maximum absolute atomic E-state index is 11.2. The summed E-state index contributed by atoms with van der Waals surface area (Å²) >= 11 is 0. The Morgan fingerprint density at radius 2 is 1.85 bits per heavy atom. The van der Waals surface area contributed by atoms with Crippen molar-refractivity contribution < 1.29 is 9.90 Å². The number of hydrogen-bond acceptors (Lipinski definition) is 1. The first kappa shape index (κ1) is 13.9. The Hall–Kier alpha value is -2.53. The number of carboxylic acid groups (broad SMARTS) is 1. The number of aromatic carboxylic acids is 1. The molecule has 0 aliphatic carbocycles. The van der Waals surface area contributed by atoms with Crippen LogP contribution in [0.25, 0.3) is 0 Å². The average Bonchev–Trinajstić information content (AvgIpc) is 2.46. The van der Waals surface area contributed by atoms with E-state index < -0.39 is 5.97 Å². The van der Waals surface area contributed by atoms with Crippen molar-refractivity contribution in [1.82, 2.24) is 0 Å². The lowest BCUT2D eigenvalue weighted by Crippen LogP contribution is -2.01. The summed E-state index contributed by atoms with van der Waals surface area (Å²) < 4.78 is 0. The van der Waals surface area contributed by atoms with Crippen molar-refractivity contribution in [3.8, 4) is 11.8 Å². The molecule has 0 fully saturated rings. The predicted octanol–water partition coefficient (Wildman–Crippen LogP) is 3.74. The van der Waals surface area contributed by atoms with Gasteiger partial charge in [0.25, 0.3) is 0 Å². The minimum Gasteiger partial charge on any atom is -0.478 e. The Balaban J connectivity index is 2.40. The number of benzene rings is 2. The van der Waals surface area contributed by atoms with E-state index in [0.717, 1.165) is 24.0 Å². The lowest BCUT2D eigenvalue weighted by Gasteiger charge is -2.03. The highest BCUT2D eigenvalue weighted by atomic mass is 16.4. The van der Waals surface area contributed by atoms with Crippen LogP contribution < -0.4 is 0 Å². The van der Waals surface area contributed by atoms with Crippen LogP contribution >= 0.6 is 0 Å². The molecule has 0 aliphatic rings. The van der Waals surface area contributed by atoms with Gasteiger partial charge < -0.3 is 5.11 Å². The summed E-state index contributed by atoms with van der Waals surface area (Å²) in [6.07, 6.45) is 1.96. The molecule has 2 nitrogen and oxygen atoms in total. The molecule has 0 saturated carbocycles. The van der Waals surface area contributed by atoms with Gasteiger partial charge in [0.05, 0.1) is 5.56 Å². The van der Waals surface area contributed by atoms with Crippen LogP contribution in [-0.2, 0) is 6.42 Å². The Morgan fingerprint density at radius 3 is 2.50 bits per heavy atom. The van der Waals surface area contributed by atoms with Crippen LogP contribution in [0, 0.1) is 11.8 Å². The van der Waals surface area contributed by atoms with E-state index in [2.05, 4.69) is 18.8 Å². The van der Waals surface area contributed by atoms with Crippen LogP contribution in [0.3, 0.4) is 0 Å². The van der Waals surface area contributed by atoms with E-state index in [4.69, 9.17) is 0 Å². The lowest BCUT2D eigenvalue weighted by atomic mass is 10.0. The van der Waals surface area contributed by atoms with Crippen molar-refractivity contribution in [1.29, 1.82) is 0 Å². The Kier molecular flexibility index (Phi) is 4.57. The van der Waals surface area contributed by atoms with Crippen molar-refractivity contribution in [2.24, 2.45) is 0 Å². The number of rotatable bonds is 3. The molecule has 1 N–H and O–H groups in total. The molecular formula is C18H16O2. The topological polar surface area (TPSA) is 37.3 Å². The highest BCUT2D eigenvalue weighted by molar-refractivity contribution is 5.90. The minimum atomic E-state index is -0.939. The molecule has 0 unspecified atom stereocenters. The average molecular weight is 264 g/mol. The van der Waals surface area contributed by atoms with Crippen LogP contribution in [0.15, 0.2) is 48.5 Å². The smallest absolute Gasteiger partial charge is 0.336 e. The Labute approximate surface area is 119 Å². The van der Waals surface area contributed by atoms with Gasteiger partial charge in [-0.3, -0.25) is 0 Å². The summed E-state index contributed by atoms with van der Waals surface area (Å²) in [6, 6.07) is 14.9. The summed E-state index contributed by atoms with van der Waals surface area (Å²) in [5.74, 6) is 5.05. The summed E-state index contributed by atoms with van der Waals surface area (Å²) in [5, 5.41) is 9.22. The van der Waals surface area contributed by atoms with Gasteiger partial charge in [-0.15, -0.1) is 0 Å². The van der Waals surface area contributed by atoms with Crippen LogP contribution in [0.1, 0.15) is 40.4 Å². The first-order chi connectivity index (χ1) is 9.70. The molecule has 2 aromatic rings. The lowest BCUT2D eigenvalue weighted by molar-refractivity contribution is 0.0696. The largest absolute Gasteiger partial charge is 0.478 e. The second kappa shape index (κ2) is 6.58. The van der Waals surface area contributed by atoms with E-state index >= 15 is 0 Å². The van der Waals surface area contributed by atoms with Crippen LogP contribution in [0.5, 0.6) is 0 Å². The Morgan fingerprint density at radius 1 is 1.10 bits per heavy atom. The van der Waals surface area contributed by atoms with Crippen molar-refractivity contribution in [3.63, 3.8) is 0 Å². The molecule has 0 aliphatic heterocycles. The summed E-state index contributed by atoms with van der Waals surface area (Å²) in [5.41, 5.74) is 2.83. The van der Waals surface area contributed by atoms with Gasteiger partial charge in [-0.05, 0) is 36.2 Å². The predicted molar refractivity (Wildman–Crippen MR) is 79.8 cm³/mol. The third-order valence-corrected chi connectivity index (χ3v) is 2.97. The SMILES string of the molecule is CCCc1ccc(C(=O)O)c(C#Cc2ccccc2)c1. The third kappa shape index (κ3) is 3.49. The molecule has 2 aromatic carbocycles. The summed E-state index contributed by atoms with van der Waals surface area (Å²) in [7, 11) is 0. The molecule has 0 heterocycles. The zero-order valence-electron chi connectivity index (χ0n) is 11.4. The van der Waals surface area contributed by atoms with Gasteiger partial charge in [-0.25, -0.2) is 4.79 Å². The van der Waals surface area contributed by atoms with E-state index in [-0.39, 0.29) is 5.56 Å². The quantitative estimate of drug-likeness (QED) is 0.857. The Bertz CT molecular complexity index is 661. The zero-order valence-corrected chi connectivity index (χ0v) is 11.4. The second-order valence-corrected chi connectivity index (χ2v) is 4.55. The van der Waals surface area contributed by atoms with Crippen molar-refractivity contribution in [2.75, 3.05) is 0 Å². The van der Waals surface area contributed by atoms with Crippen molar-refractivity contribution in [3.05, 3.63) is 70.8 Å². The highest BCUT2D eigenvalue weighted by Crippen LogP contribution is 2.13. The van der Waals surface area contributed by atoms with Gasteiger partial charge in [0.1, 0.15) is 0 Å². The first-order valence-electron chi connectivity index (χ1n) is 6.64. The van der Waals surface area contributed by atoms with Crippen LogP contribution in [0.4, 0.5) is 0 Å². The fraction of sp³-hybridized carbons (Fsp3) is 0.167. The standard InChI is InChI=1S/C18H16O2/c1-2-6-15-10-12-17(18(19)20)16(13-15)11-9-14-7-4-3-5-8-14/h3-5,7-8,10,12-13H,2,6H2,1H3,(H,19,20).